The van der Waals surface area contributed by atoms with Gasteiger partial charge in [-0.3, -0.25) is 0 Å². The van der Waals surface area contributed by atoms with Crippen molar-refractivity contribution >= 4 is 21.8 Å². The summed E-state index contributed by atoms with van der Waals surface area (Å²) in [5.41, 5.74) is 12.9. The predicted octanol–water partition coefficient (Wildman–Crippen LogP) is 9.85. The van der Waals surface area contributed by atoms with Crippen LogP contribution in [0.5, 0.6) is 0 Å². The molecular weight excluding hydrogens is 482 g/mol. The molecule has 1 heteroatoms. The lowest BCUT2D eigenvalue weighted by Crippen LogP contribution is -1.89. The zero-order valence-electron chi connectivity index (χ0n) is 22.7. The summed E-state index contributed by atoms with van der Waals surface area (Å²) in [5, 5.41) is 2.60. The number of hydrogen-bond acceptors (Lipinski definition) is 0. The second-order valence-electron chi connectivity index (χ2n) is 10.7. The summed E-state index contributed by atoms with van der Waals surface area (Å²) in [6.07, 6.45) is 1.92. The third-order valence-corrected chi connectivity index (χ3v) is 8.08. The highest BCUT2D eigenvalue weighted by atomic mass is 14.9. The molecule has 0 radical (unpaired) electrons. The van der Waals surface area contributed by atoms with Gasteiger partial charge in [0.25, 0.3) is 0 Å². The first-order valence-electron chi connectivity index (χ1n) is 14.0. The van der Waals surface area contributed by atoms with Gasteiger partial charge in [-0.2, -0.15) is 0 Å². The molecule has 0 bridgehead atoms. The molecule has 0 amide bonds. The lowest BCUT2D eigenvalue weighted by molar-refractivity contribution is 1.01. The van der Waals surface area contributed by atoms with Crippen molar-refractivity contribution in [3.8, 4) is 22.3 Å². The first kappa shape index (κ1) is 24.2. The van der Waals surface area contributed by atoms with Crippen LogP contribution in [-0.2, 0) is 19.9 Å². The molecule has 0 fully saturated rings. The molecule has 6 aromatic carbocycles. The van der Waals surface area contributed by atoms with Gasteiger partial charge in [0.2, 0.25) is 0 Å². The lowest BCUT2D eigenvalue weighted by atomic mass is 9.98. The fourth-order valence-corrected chi connectivity index (χ4v) is 5.86. The highest BCUT2D eigenvalue weighted by Crippen LogP contribution is 2.34. The van der Waals surface area contributed by atoms with Gasteiger partial charge in [0.05, 0.1) is 0 Å². The topological polar surface area (TPSA) is 4.93 Å². The molecule has 0 atom stereocenters. The van der Waals surface area contributed by atoms with Gasteiger partial charge in [-0.1, -0.05) is 127 Å². The van der Waals surface area contributed by atoms with E-state index in [4.69, 9.17) is 0 Å². The minimum Gasteiger partial charge on any atom is -0.344 e. The molecule has 7 aromatic rings. The zero-order chi connectivity index (χ0) is 26.9. The van der Waals surface area contributed by atoms with Gasteiger partial charge in [-0.05, 0) is 75.5 Å². The normalized spacial score (nSPS) is 11.3. The van der Waals surface area contributed by atoms with Gasteiger partial charge >= 0.3 is 0 Å². The molecule has 0 saturated heterocycles. The zero-order valence-corrected chi connectivity index (χ0v) is 22.7. The van der Waals surface area contributed by atoms with E-state index in [-0.39, 0.29) is 0 Å². The summed E-state index contributed by atoms with van der Waals surface area (Å²) in [4.78, 5) is 0. The summed E-state index contributed by atoms with van der Waals surface area (Å²) in [5.74, 6) is 0. The minimum absolute atomic E-state index is 0.960. The monoisotopic (exact) mass is 513 g/mol. The number of aromatic nitrogens is 1. The maximum absolute atomic E-state index is 2.35. The summed E-state index contributed by atoms with van der Waals surface area (Å²) in [7, 11) is 2.18. The summed E-state index contributed by atoms with van der Waals surface area (Å²) in [6.45, 7) is 0. The number of hydrogen-bond donors (Lipinski definition) is 0. The molecule has 1 nitrogen and oxygen atoms in total. The van der Waals surface area contributed by atoms with Gasteiger partial charge in [0, 0.05) is 28.9 Å². The van der Waals surface area contributed by atoms with Gasteiger partial charge in [0.1, 0.15) is 0 Å². The first-order valence-corrected chi connectivity index (χ1v) is 14.0. The number of aryl methyl sites for hydroxylation is 1. The quantitative estimate of drug-likeness (QED) is 0.208. The summed E-state index contributed by atoms with van der Waals surface area (Å²) >= 11 is 0. The van der Waals surface area contributed by atoms with Crippen molar-refractivity contribution in [1.29, 1.82) is 0 Å². The van der Waals surface area contributed by atoms with Crippen LogP contribution >= 0.6 is 0 Å². The van der Waals surface area contributed by atoms with Crippen LogP contribution in [0.15, 0.2) is 146 Å². The van der Waals surface area contributed by atoms with Gasteiger partial charge in [-0.15, -0.1) is 0 Å². The smallest absolute Gasteiger partial charge is 0.0494 e. The Morgan fingerprint density at radius 1 is 0.375 bits per heavy atom. The van der Waals surface area contributed by atoms with E-state index in [1.54, 1.807) is 0 Å². The van der Waals surface area contributed by atoms with E-state index in [1.165, 1.54) is 66.3 Å². The Hall–Kier alpha value is -4.88. The SMILES string of the molecule is Cn1c2ccc(-c3ccc(Cc4ccccc4)cc3)cc2c2ccc(-c3ccc(Cc4ccccc4)cc3)cc21. The maximum atomic E-state index is 2.35. The maximum Gasteiger partial charge on any atom is 0.0494 e. The Balaban J connectivity index is 1.17. The van der Waals surface area contributed by atoms with Crippen molar-refractivity contribution in [2.75, 3.05) is 0 Å². The molecule has 1 aromatic heterocycles. The van der Waals surface area contributed by atoms with Gasteiger partial charge in [0.15, 0.2) is 0 Å². The Kier molecular flexibility index (Phi) is 6.26. The largest absolute Gasteiger partial charge is 0.344 e. The molecular formula is C39H31N. The van der Waals surface area contributed by atoms with Crippen LogP contribution < -0.4 is 0 Å². The van der Waals surface area contributed by atoms with Crippen molar-refractivity contribution in [2.45, 2.75) is 12.8 Å². The number of rotatable bonds is 6. The summed E-state index contributed by atoms with van der Waals surface area (Å²) in [6, 6.07) is 53.1. The molecule has 0 unspecified atom stereocenters. The van der Waals surface area contributed by atoms with Crippen molar-refractivity contribution in [1.82, 2.24) is 4.57 Å². The van der Waals surface area contributed by atoms with Crippen LogP contribution in [0.3, 0.4) is 0 Å². The van der Waals surface area contributed by atoms with Crippen molar-refractivity contribution in [2.24, 2.45) is 7.05 Å². The van der Waals surface area contributed by atoms with Crippen LogP contribution in [0.1, 0.15) is 22.3 Å². The Morgan fingerprint density at radius 2 is 0.825 bits per heavy atom. The lowest BCUT2D eigenvalue weighted by Gasteiger charge is -2.06. The molecule has 40 heavy (non-hydrogen) atoms. The molecule has 1 heterocycles. The second kappa shape index (κ2) is 10.4. The Labute approximate surface area is 236 Å². The third kappa shape index (κ3) is 4.72. The van der Waals surface area contributed by atoms with E-state index in [0.29, 0.717) is 0 Å². The van der Waals surface area contributed by atoms with Crippen LogP contribution in [0.4, 0.5) is 0 Å². The Bertz CT molecular complexity index is 1910. The predicted molar refractivity (Wildman–Crippen MR) is 170 cm³/mol. The number of nitrogens with zero attached hydrogens (tertiary/aromatic N) is 1. The van der Waals surface area contributed by atoms with E-state index in [1.807, 2.05) is 0 Å². The second-order valence-corrected chi connectivity index (χ2v) is 10.7. The average molecular weight is 514 g/mol. The van der Waals surface area contributed by atoms with Crippen molar-refractivity contribution in [3.05, 3.63) is 168 Å². The van der Waals surface area contributed by atoms with Gasteiger partial charge < -0.3 is 4.57 Å². The van der Waals surface area contributed by atoms with Crippen LogP contribution in [0, 0.1) is 0 Å². The molecule has 0 spiro atoms. The van der Waals surface area contributed by atoms with Crippen molar-refractivity contribution in [3.63, 3.8) is 0 Å². The van der Waals surface area contributed by atoms with Crippen LogP contribution in [-0.4, -0.2) is 4.57 Å². The van der Waals surface area contributed by atoms with Crippen LogP contribution in [0.2, 0.25) is 0 Å². The molecule has 0 aliphatic heterocycles. The highest BCUT2D eigenvalue weighted by molar-refractivity contribution is 6.10. The average Bonchev–Trinajstić information content (AvgIpc) is 3.29. The van der Waals surface area contributed by atoms with Gasteiger partial charge in [-0.25, -0.2) is 0 Å². The molecule has 0 saturated carbocycles. The fourth-order valence-electron chi connectivity index (χ4n) is 5.86. The van der Waals surface area contributed by atoms with E-state index in [9.17, 15) is 0 Å². The molecule has 192 valence electrons. The van der Waals surface area contributed by atoms with E-state index in [0.717, 1.165) is 12.8 Å². The number of fused-ring (bicyclic) bond motifs is 3. The molecule has 0 aliphatic rings. The highest BCUT2D eigenvalue weighted by Gasteiger charge is 2.11. The molecule has 0 N–H and O–H groups in total. The van der Waals surface area contributed by atoms with E-state index < -0.39 is 0 Å². The Morgan fingerprint density at radius 3 is 1.38 bits per heavy atom. The van der Waals surface area contributed by atoms with E-state index in [2.05, 4.69) is 157 Å². The minimum atomic E-state index is 0.960. The fraction of sp³-hybridized carbons (Fsp3) is 0.0769. The van der Waals surface area contributed by atoms with Crippen LogP contribution in [0.25, 0.3) is 44.1 Å². The standard InChI is InChI=1S/C39H31N/c1-40-38-23-21-34(32-16-12-30(13-17-32)24-28-8-4-2-5-9-28)26-37(38)36-22-20-35(27-39(36)40)33-18-14-31(15-19-33)25-29-10-6-3-7-11-29/h2-23,26-27H,24-25H2,1H3. The molecule has 7 rings (SSSR count). The third-order valence-electron chi connectivity index (χ3n) is 8.08. The van der Waals surface area contributed by atoms with Crippen molar-refractivity contribution < 1.29 is 0 Å². The number of benzene rings is 6. The summed E-state index contributed by atoms with van der Waals surface area (Å²) < 4.78 is 2.32. The molecule has 0 aliphatic carbocycles. The first-order chi connectivity index (χ1) is 19.7. The van der Waals surface area contributed by atoms with E-state index >= 15 is 0 Å².